The molecule has 1 aliphatic rings. The number of anilines is 1. The third-order valence-corrected chi connectivity index (χ3v) is 3.80. The smallest absolute Gasteiger partial charge is 0.377 e. The lowest BCUT2D eigenvalue weighted by Gasteiger charge is -2.18. The molecule has 9 heteroatoms. The minimum absolute atomic E-state index is 0.00552. The standard InChI is InChI=1S/C11H13BrF3N3O2/c1-6-7(2-3-20-6)17-8-4-16-18(5-11(13,14)15)10(19)9(8)12/h4,6-7,17H,2-3,5H2,1H3. The summed E-state index contributed by atoms with van der Waals surface area (Å²) >= 11 is 3.02. The van der Waals surface area contributed by atoms with Gasteiger partial charge in [0.2, 0.25) is 0 Å². The molecule has 1 aromatic heterocycles. The largest absolute Gasteiger partial charge is 0.408 e. The fourth-order valence-electron chi connectivity index (χ4n) is 1.97. The first-order chi connectivity index (χ1) is 9.28. The molecule has 1 aromatic rings. The Hall–Kier alpha value is -1.09. The molecule has 1 N–H and O–H groups in total. The Morgan fingerprint density at radius 1 is 1.60 bits per heavy atom. The minimum atomic E-state index is -4.49. The summed E-state index contributed by atoms with van der Waals surface area (Å²) in [7, 11) is 0. The molecule has 1 saturated heterocycles. The molecule has 2 unspecified atom stereocenters. The van der Waals surface area contributed by atoms with Crippen molar-refractivity contribution in [3.8, 4) is 0 Å². The number of aromatic nitrogens is 2. The molecule has 1 fully saturated rings. The zero-order chi connectivity index (χ0) is 14.9. The molecule has 0 saturated carbocycles. The lowest BCUT2D eigenvalue weighted by atomic mass is 10.1. The predicted octanol–water partition coefficient (Wildman–Crippen LogP) is 2.16. The van der Waals surface area contributed by atoms with Gasteiger partial charge in [0, 0.05) is 6.61 Å². The number of rotatable bonds is 3. The van der Waals surface area contributed by atoms with E-state index < -0.39 is 18.3 Å². The number of ether oxygens (including phenoxy) is 1. The average molecular weight is 356 g/mol. The zero-order valence-electron chi connectivity index (χ0n) is 10.6. The van der Waals surface area contributed by atoms with Crippen molar-refractivity contribution in [3.63, 3.8) is 0 Å². The number of hydrogen-bond donors (Lipinski definition) is 1. The first-order valence-corrected chi connectivity index (χ1v) is 6.78. The molecule has 0 amide bonds. The van der Waals surface area contributed by atoms with Crippen LogP contribution in [0.15, 0.2) is 15.5 Å². The van der Waals surface area contributed by atoms with Crippen LogP contribution in [0.2, 0.25) is 0 Å². The van der Waals surface area contributed by atoms with Crippen LogP contribution in [0, 0.1) is 0 Å². The van der Waals surface area contributed by atoms with E-state index in [4.69, 9.17) is 4.74 Å². The van der Waals surface area contributed by atoms with Gasteiger partial charge in [-0.05, 0) is 29.3 Å². The van der Waals surface area contributed by atoms with Gasteiger partial charge in [0.15, 0.2) is 0 Å². The molecule has 0 aromatic carbocycles. The molecule has 2 atom stereocenters. The second kappa shape index (κ2) is 5.72. The van der Waals surface area contributed by atoms with Crippen LogP contribution in [0.1, 0.15) is 13.3 Å². The summed E-state index contributed by atoms with van der Waals surface area (Å²) in [5.41, 5.74) is -0.449. The highest BCUT2D eigenvalue weighted by atomic mass is 79.9. The van der Waals surface area contributed by atoms with Crippen molar-refractivity contribution in [2.75, 3.05) is 11.9 Å². The maximum absolute atomic E-state index is 12.3. The van der Waals surface area contributed by atoms with Crippen LogP contribution in [-0.2, 0) is 11.3 Å². The summed E-state index contributed by atoms with van der Waals surface area (Å²) in [5.74, 6) is 0. The Kier molecular flexibility index (Phi) is 4.38. The minimum Gasteiger partial charge on any atom is -0.377 e. The molecule has 2 heterocycles. The van der Waals surface area contributed by atoms with Crippen LogP contribution >= 0.6 is 15.9 Å². The van der Waals surface area contributed by atoms with Crippen molar-refractivity contribution < 1.29 is 17.9 Å². The maximum atomic E-state index is 12.3. The fraction of sp³-hybridized carbons (Fsp3) is 0.636. The van der Waals surface area contributed by atoms with E-state index in [0.717, 1.165) is 6.42 Å². The van der Waals surface area contributed by atoms with Gasteiger partial charge < -0.3 is 10.1 Å². The van der Waals surface area contributed by atoms with Crippen molar-refractivity contribution in [3.05, 3.63) is 21.0 Å². The van der Waals surface area contributed by atoms with E-state index in [1.165, 1.54) is 6.20 Å². The summed E-state index contributed by atoms with van der Waals surface area (Å²) in [6, 6.07) is 0.00552. The summed E-state index contributed by atoms with van der Waals surface area (Å²) in [6.45, 7) is 1.08. The Morgan fingerprint density at radius 3 is 2.85 bits per heavy atom. The van der Waals surface area contributed by atoms with Gasteiger partial charge in [-0.2, -0.15) is 18.3 Å². The number of nitrogens with zero attached hydrogens (tertiary/aromatic N) is 2. The van der Waals surface area contributed by atoms with E-state index >= 15 is 0 Å². The van der Waals surface area contributed by atoms with Gasteiger partial charge in [0.25, 0.3) is 5.56 Å². The highest BCUT2D eigenvalue weighted by molar-refractivity contribution is 9.10. The van der Waals surface area contributed by atoms with E-state index in [9.17, 15) is 18.0 Å². The fourth-order valence-corrected chi connectivity index (χ4v) is 2.39. The molecule has 0 spiro atoms. The number of nitrogens with one attached hydrogen (secondary N) is 1. The summed E-state index contributed by atoms with van der Waals surface area (Å²) < 4.78 is 42.6. The molecule has 0 radical (unpaired) electrons. The second-order valence-electron chi connectivity index (χ2n) is 4.57. The lowest BCUT2D eigenvalue weighted by Crippen LogP contribution is -2.33. The molecule has 2 rings (SSSR count). The van der Waals surface area contributed by atoms with Crippen LogP contribution in [0.4, 0.5) is 18.9 Å². The monoisotopic (exact) mass is 355 g/mol. The number of alkyl halides is 3. The van der Waals surface area contributed by atoms with Gasteiger partial charge in [-0.1, -0.05) is 0 Å². The Morgan fingerprint density at radius 2 is 2.30 bits per heavy atom. The second-order valence-corrected chi connectivity index (χ2v) is 5.36. The van der Waals surface area contributed by atoms with E-state index in [-0.39, 0.29) is 16.6 Å². The van der Waals surface area contributed by atoms with Crippen LogP contribution < -0.4 is 10.9 Å². The van der Waals surface area contributed by atoms with Gasteiger partial charge in [-0.25, -0.2) is 4.68 Å². The molecular formula is C11H13BrF3N3O2. The molecule has 0 aliphatic carbocycles. The van der Waals surface area contributed by atoms with Gasteiger partial charge >= 0.3 is 6.18 Å². The number of hydrogen-bond acceptors (Lipinski definition) is 4. The quantitative estimate of drug-likeness (QED) is 0.902. The average Bonchev–Trinajstić information content (AvgIpc) is 2.73. The number of halogens is 4. The summed E-state index contributed by atoms with van der Waals surface area (Å²) in [5, 5.41) is 6.60. The molecular weight excluding hydrogens is 343 g/mol. The van der Waals surface area contributed by atoms with Crippen molar-refractivity contribution in [2.45, 2.75) is 38.2 Å². The lowest BCUT2D eigenvalue weighted by molar-refractivity contribution is -0.143. The highest BCUT2D eigenvalue weighted by Crippen LogP contribution is 2.23. The molecule has 5 nitrogen and oxygen atoms in total. The third kappa shape index (κ3) is 3.51. The van der Waals surface area contributed by atoms with E-state index in [1.54, 1.807) is 0 Å². The Balaban J connectivity index is 2.20. The SMILES string of the molecule is CC1OCCC1Nc1cnn(CC(F)(F)F)c(=O)c1Br. The maximum Gasteiger partial charge on any atom is 0.408 e. The van der Waals surface area contributed by atoms with Gasteiger partial charge in [-0.3, -0.25) is 4.79 Å². The third-order valence-electron chi connectivity index (χ3n) is 3.03. The molecule has 1 aliphatic heterocycles. The predicted molar refractivity (Wildman–Crippen MR) is 69.7 cm³/mol. The first-order valence-electron chi connectivity index (χ1n) is 5.98. The van der Waals surface area contributed by atoms with Crippen molar-refractivity contribution in [1.82, 2.24) is 9.78 Å². The molecule has 112 valence electrons. The summed E-state index contributed by atoms with van der Waals surface area (Å²) in [4.78, 5) is 11.8. The van der Waals surface area contributed by atoms with Gasteiger partial charge in [0.05, 0.1) is 24.0 Å². The van der Waals surface area contributed by atoms with Gasteiger partial charge in [-0.15, -0.1) is 0 Å². The van der Waals surface area contributed by atoms with Crippen molar-refractivity contribution >= 4 is 21.6 Å². The van der Waals surface area contributed by atoms with Crippen LogP contribution in [0.25, 0.3) is 0 Å². The Bertz CT molecular complexity index is 547. The Labute approximate surface area is 121 Å². The first kappa shape index (κ1) is 15.3. The van der Waals surface area contributed by atoms with Crippen LogP contribution in [0.5, 0.6) is 0 Å². The van der Waals surface area contributed by atoms with E-state index in [0.29, 0.717) is 17.0 Å². The van der Waals surface area contributed by atoms with Crippen LogP contribution in [-0.4, -0.2) is 34.7 Å². The normalized spacial score (nSPS) is 23.1. The van der Waals surface area contributed by atoms with Crippen molar-refractivity contribution in [1.29, 1.82) is 0 Å². The molecule has 20 heavy (non-hydrogen) atoms. The van der Waals surface area contributed by atoms with E-state index in [2.05, 4.69) is 26.3 Å². The summed E-state index contributed by atoms with van der Waals surface area (Å²) in [6.07, 6.45) is -2.54. The highest BCUT2D eigenvalue weighted by Gasteiger charge is 2.30. The zero-order valence-corrected chi connectivity index (χ0v) is 12.2. The van der Waals surface area contributed by atoms with Crippen LogP contribution in [0.3, 0.4) is 0 Å². The molecule has 0 bridgehead atoms. The van der Waals surface area contributed by atoms with Gasteiger partial charge in [0.1, 0.15) is 11.0 Å². The topological polar surface area (TPSA) is 56.1 Å². The van der Waals surface area contributed by atoms with Crippen molar-refractivity contribution in [2.24, 2.45) is 0 Å². The van der Waals surface area contributed by atoms with E-state index in [1.807, 2.05) is 6.92 Å².